The number of aromatic nitrogens is 1. The number of benzene rings is 1. The van der Waals surface area contributed by atoms with Gasteiger partial charge >= 0.3 is 0 Å². The molecule has 0 aliphatic carbocycles. The molecule has 0 saturated carbocycles. The Balaban J connectivity index is 2.83. The van der Waals surface area contributed by atoms with Crippen LogP contribution in [0.5, 0.6) is 0 Å². The number of halogens is 1. The van der Waals surface area contributed by atoms with E-state index in [0.717, 1.165) is 22.9 Å². The summed E-state index contributed by atoms with van der Waals surface area (Å²) in [5.74, 6) is -0.171. The summed E-state index contributed by atoms with van der Waals surface area (Å²) in [6.07, 6.45) is 4.20. The van der Waals surface area contributed by atoms with Gasteiger partial charge in [-0.1, -0.05) is 13.0 Å². The van der Waals surface area contributed by atoms with Gasteiger partial charge in [0.25, 0.3) is 0 Å². The Labute approximate surface area is 82.6 Å². The third-order valence-corrected chi connectivity index (χ3v) is 2.49. The van der Waals surface area contributed by atoms with E-state index < -0.39 is 0 Å². The van der Waals surface area contributed by atoms with Gasteiger partial charge in [-0.2, -0.15) is 0 Å². The molecule has 1 nitrogen and oxygen atoms in total. The predicted octanol–water partition coefficient (Wildman–Crippen LogP) is 3.24. The Hall–Kier alpha value is -1.44. The molecule has 0 fully saturated rings. The summed E-state index contributed by atoms with van der Waals surface area (Å²) < 4.78 is 13.6. The van der Waals surface area contributed by atoms with E-state index in [1.807, 2.05) is 19.9 Å². The summed E-state index contributed by atoms with van der Waals surface area (Å²) in [5.41, 5.74) is 2.06. The molecule has 14 heavy (non-hydrogen) atoms. The quantitative estimate of drug-likeness (QED) is 0.671. The fourth-order valence-electron chi connectivity index (χ4n) is 1.63. The summed E-state index contributed by atoms with van der Waals surface area (Å²) in [5, 5.41) is 1.58. The molecule has 0 spiro atoms. The standard InChI is InChI=1S/C12H12FN/c1-3-9-4-10-8(2)6-14-7-11(10)12(13)5-9/h4-7H,3H2,1-2H3. The van der Waals surface area contributed by atoms with Gasteiger partial charge in [-0.15, -0.1) is 0 Å². The smallest absolute Gasteiger partial charge is 0.132 e. The molecule has 1 heterocycles. The van der Waals surface area contributed by atoms with Gasteiger partial charge in [-0.05, 0) is 35.9 Å². The lowest BCUT2D eigenvalue weighted by atomic mass is 10.0. The van der Waals surface area contributed by atoms with Crippen LogP contribution in [-0.2, 0) is 6.42 Å². The maximum atomic E-state index is 13.6. The second-order valence-corrected chi connectivity index (χ2v) is 3.48. The van der Waals surface area contributed by atoms with Gasteiger partial charge in [0, 0.05) is 17.8 Å². The second kappa shape index (κ2) is 3.37. The van der Waals surface area contributed by atoms with Crippen LogP contribution < -0.4 is 0 Å². The monoisotopic (exact) mass is 189 g/mol. The van der Waals surface area contributed by atoms with Crippen molar-refractivity contribution in [1.82, 2.24) is 4.98 Å². The van der Waals surface area contributed by atoms with Gasteiger partial charge in [-0.3, -0.25) is 4.98 Å². The van der Waals surface area contributed by atoms with Crippen LogP contribution in [0.25, 0.3) is 10.8 Å². The molecule has 2 heteroatoms. The second-order valence-electron chi connectivity index (χ2n) is 3.48. The molecule has 72 valence electrons. The largest absolute Gasteiger partial charge is 0.264 e. The van der Waals surface area contributed by atoms with E-state index in [-0.39, 0.29) is 5.82 Å². The maximum absolute atomic E-state index is 13.6. The summed E-state index contributed by atoms with van der Waals surface area (Å²) >= 11 is 0. The first-order valence-corrected chi connectivity index (χ1v) is 4.75. The zero-order valence-electron chi connectivity index (χ0n) is 8.34. The van der Waals surface area contributed by atoms with Crippen LogP contribution in [-0.4, -0.2) is 4.98 Å². The number of nitrogens with zero attached hydrogens (tertiary/aromatic N) is 1. The first-order chi connectivity index (χ1) is 6.72. The molecule has 0 bridgehead atoms. The van der Waals surface area contributed by atoms with Crippen LogP contribution >= 0.6 is 0 Å². The van der Waals surface area contributed by atoms with Crippen molar-refractivity contribution < 1.29 is 4.39 Å². The maximum Gasteiger partial charge on any atom is 0.132 e. The van der Waals surface area contributed by atoms with Crippen LogP contribution in [0.1, 0.15) is 18.1 Å². The lowest BCUT2D eigenvalue weighted by molar-refractivity contribution is 0.637. The van der Waals surface area contributed by atoms with Crippen molar-refractivity contribution in [2.75, 3.05) is 0 Å². The zero-order chi connectivity index (χ0) is 10.1. The molecule has 0 aliphatic heterocycles. The van der Waals surface area contributed by atoms with Crippen LogP contribution in [0.3, 0.4) is 0 Å². The van der Waals surface area contributed by atoms with E-state index >= 15 is 0 Å². The third kappa shape index (κ3) is 1.37. The highest BCUT2D eigenvalue weighted by molar-refractivity contribution is 5.85. The molecule has 1 aromatic heterocycles. The molecule has 0 N–H and O–H groups in total. The molecule has 0 saturated heterocycles. The van der Waals surface area contributed by atoms with Crippen molar-refractivity contribution in [1.29, 1.82) is 0 Å². The minimum Gasteiger partial charge on any atom is -0.264 e. The molecular formula is C12H12FN. The molecule has 1 aromatic carbocycles. The van der Waals surface area contributed by atoms with Crippen molar-refractivity contribution in [3.8, 4) is 0 Å². The van der Waals surface area contributed by atoms with E-state index in [9.17, 15) is 4.39 Å². The number of fused-ring (bicyclic) bond motifs is 1. The van der Waals surface area contributed by atoms with Crippen molar-refractivity contribution in [2.45, 2.75) is 20.3 Å². The lowest BCUT2D eigenvalue weighted by Crippen LogP contribution is -1.89. The van der Waals surface area contributed by atoms with Gasteiger partial charge < -0.3 is 0 Å². The van der Waals surface area contributed by atoms with Crippen molar-refractivity contribution in [3.63, 3.8) is 0 Å². The Morgan fingerprint density at radius 1 is 1.21 bits per heavy atom. The number of aryl methyl sites for hydroxylation is 2. The zero-order valence-corrected chi connectivity index (χ0v) is 8.34. The summed E-state index contributed by atoms with van der Waals surface area (Å²) in [6, 6.07) is 3.62. The van der Waals surface area contributed by atoms with Crippen LogP contribution in [0, 0.1) is 12.7 Å². The summed E-state index contributed by atoms with van der Waals surface area (Å²) in [4.78, 5) is 3.99. The van der Waals surface area contributed by atoms with Crippen LogP contribution in [0.15, 0.2) is 24.5 Å². The molecule has 0 unspecified atom stereocenters. The van der Waals surface area contributed by atoms with Crippen molar-refractivity contribution >= 4 is 10.8 Å². The summed E-state index contributed by atoms with van der Waals surface area (Å²) in [7, 11) is 0. The average molecular weight is 189 g/mol. The van der Waals surface area contributed by atoms with Gasteiger partial charge in [-0.25, -0.2) is 4.39 Å². The Morgan fingerprint density at radius 3 is 2.71 bits per heavy atom. The van der Waals surface area contributed by atoms with Gasteiger partial charge in [0.2, 0.25) is 0 Å². The minimum atomic E-state index is -0.171. The summed E-state index contributed by atoms with van der Waals surface area (Å²) in [6.45, 7) is 3.98. The van der Waals surface area contributed by atoms with Crippen molar-refractivity contribution in [3.05, 3.63) is 41.5 Å². The van der Waals surface area contributed by atoms with Crippen LogP contribution in [0.2, 0.25) is 0 Å². The Bertz CT molecular complexity index is 477. The SMILES string of the molecule is CCc1cc(F)c2cncc(C)c2c1. The molecule has 0 atom stereocenters. The number of pyridine rings is 1. The van der Waals surface area contributed by atoms with Gasteiger partial charge in [0.05, 0.1) is 0 Å². The normalized spacial score (nSPS) is 10.8. The van der Waals surface area contributed by atoms with E-state index in [4.69, 9.17) is 0 Å². The van der Waals surface area contributed by atoms with E-state index in [0.29, 0.717) is 5.39 Å². The van der Waals surface area contributed by atoms with E-state index in [1.54, 1.807) is 18.5 Å². The topological polar surface area (TPSA) is 12.9 Å². The number of hydrogen-bond acceptors (Lipinski definition) is 1. The third-order valence-electron chi connectivity index (χ3n) is 2.49. The predicted molar refractivity (Wildman–Crippen MR) is 55.8 cm³/mol. The fourth-order valence-corrected chi connectivity index (χ4v) is 1.63. The minimum absolute atomic E-state index is 0.171. The molecule has 2 rings (SSSR count). The number of rotatable bonds is 1. The highest BCUT2D eigenvalue weighted by Crippen LogP contribution is 2.22. The first-order valence-electron chi connectivity index (χ1n) is 4.75. The van der Waals surface area contributed by atoms with Gasteiger partial charge in [0.1, 0.15) is 5.82 Å². The van der Waals surface area contributed by atoms with E-state index in [1.165, 1.54) is 0 Å². The fraction of sp³-hybridized carbons (Fsp3) is 0.250. The van der Waals surface area contributed by atoms with Crippen molar-refractivity contribution in [2.24, 2.45) is 0 Å². The molecule has 0 amide bonds. The first kappa shape index (κ1) is 9.13. The lowest BCUT2D eigenvalue weighted by Gasteiger charge is -2.05. The van der Waals surface area contributed by atoms with E-state index in [2.05, 4.69) is 4.98 Å². The molecule has 2 aromatic rings. The molecule has 0 radical (unpaired) electrons. The number of hydrogen-bond donors (Lipinski definition) is 0. The molecular weight excluding hydrogens is 177 g/mol. The average Bonchev–Trinajstić information content (AvgIpc) is 2.19. The Kier molecular flexibility index (Phi) is 2.20. The van der Waals surface area contributed by atoms with Crippen LogP contribution in [0.4, 0.5) is 4.39 Å². The highest BCUT2D eigenvalue weighted by atomic mass is 19.1. The molecule has 0 aliphatic rings. The Morgan fingerprint density at radius 2 is 2.00 bits per heavy atom. The highest BCUT2D eigenvalue weighted by Gasteiger charge is 2.04. The van der Waals surface area contributed by atoms with Gasteiger partial charge in [0.15, 0.2) is 0 Å².